The summed E-state index contributed by atoms with van der Waals surface area (Å²) in [5.74, 6) is 0.972. The molecule has 1 heterocycles. The topological polar surface area (TPSA) is 51.8 Å². The van der Waals surface area contributed by atoms with E-state index in [0.717, 1.165) is 36.5 Å². The predicted molar refractivity (Wildman–Crippen MR) is 80.6 cm³/mol. The molecule has 3 nitrogen and oxygen atoms in total. The Morgan fingerprint density at radius 3 is 2.50 bits per heavy atom. The number of aromatic nitrogens is 2. The van der Waals surface area contributed by atoms with Gasteiger partial charge in [0.15, 0.2) is 0 Å². The van der Waals surface area contributed by atoms with E-state index in [-0.39, 0.29) is 11.5 Å². The van der Waals surface area contributed by atoms with Gasteiger partial charge in [0.2, 0.25) is 0 Å². The van der Waals surface area contributed by atoms with Gasteiger partial charge in [-0.1, -0.05) is 30.3 Å². The molecule has 3 heteroatoms. The van der Waals surface area contributed by atoms with Crippen LogP contribution < -0.4 is 5.73 Å². The average molecular weight is 267 g/mol. The summed E-state index contributed by atoms with van der Waals surface area (Å²) in [4.78, 5) is 9.49. The summed E-state index contributed by atoms with van der Waals surface area (Å²) in [6.07, 6.45) is 3.08. The molecule has 0 radical (unpaired) electrons. The van der Waals surface area contributed by atoms with E-state index in [1.54, 1.807) is 0 Å². The summed E-state index contributed by atoms with van der Waals surface area (Å²) >= 11 is 0. The Bertz CT molecular complexity index is 601. The van der Waals surface area contributed by atoms with E-state index in [1.165, 1.54) is 5.56 Å². The van der Waals surface area contributed by atoms with Crippen molar-refractivity contribution in [1.29, 1.82) is 0 Å². The van der Waals surface area contributed by atoms with E-state index >= 15 is 0 Å². The Kier molecular flexibility index (Phi) is 3.30. The smallest absolute Gasteiger partial charge is 0.139 e. The number of benzene rings is 1. The molecule has 0 aliphatic heterocycles. The van der Waals surface area contributed by atoms with Gasteiger partial charge in [-0.3, -0.25) is 0 Å². The summed E-state index contributed by atoms with van der Waals surface area (Å²) in [6, 6.07) is 12.8. The van der Waals surface area contributed by atoms with Gasteiger partial charge in [0.1, 0.15) is 5.82 Å². The molecule has 104 valence electrons. The lowest BCUT2D eigenvalue weighted by molar-refractivity contribution is 0.685. The van der Waals surface area contributed by atoms with Crippen LogP contribution in [-0.2, 0) is 11.8 Å². The van der Waals surface area contributed by atoms with Gasteiger partial charge in [-0.15, -0.1) is 0 Å². The van der Waals surface area contributed by atoms with Crippen molar-refractivity contribution in [3.05, 3.63) is 59.2 Å². The minimum Gasteiger partial charge on any atom is -0.328 e. The molecule has 0 bridgehead atoms. The van der Waals surface area contributed by atoms with Crippen LogP contribution in [0.4, 0.5) is 0 Å². The van der Waals surface area contributed by atoms with Gasteiger partial charge in [0.25, 0.3) is 0 Å². The van der Waals surface area contributed by atoms with Crippen molar-refractivity contribution in [2.75, 3.05) is 0 Å². The summed E-state index contributed by atoms with van der Waals surface area (Å²) in [5, 5.41) is 0. The largest absolute Gasteiger partial charge is 0.328 e. The standard InChI is InChI=1S/C17H21N3/c1-12(18)10-15-11-13(2)19-16(20-15)17(8-9-17)14-6-4-3-5-7-14/h3-7,11-12H,8-10,18H2,1-2H3. The number of nitrogens with zero attached hydrogens (tertiary/aromatic N) is 2. The van der Waals surface area contributed by atoms with Crippen LogP contribution in [-0.4, -0.2) is 16.0 Å². The lowest BCUT2D eigenvalue weighted by Crippen LogP contribution is -2.21. The molecule has 20 heavy (non-hydrogen) atoms. The number of hydrogen-bond acceptors (Lipinski definition) is 3. The molecule has 1 atom stereocenters. The third-order valence-electron chi connectivity index (χ3n) is 3.94. The molecule has 0 amide bonds. The molecule has 0 saturated heterocycles. The molecule has 1 saturated carbocycles. The first kappa shape index (κ1) is 13.3. The van der Waals surface area contributed by atoms with Crippen LogP contribution in [0.25, 0.3) is 0 Å². The van der Waals surface area contributed by atoms with Gasteiger partial charge in [0, 0.05) is 23.9 Å². The van der Waals surface area contributed by atoms with Crippen molar-refractivity contribution in [2.24, 2.45) is 5.73 Å². The molecule has 2 aromatic rings. The van der Waals surface area contributed by atoms with Crippen LogP contribution in [0.15, 0.2) is 36.4 Å². The number of aryl methyl sites for hydroxylation is 1. The average Bonchev–Trinajstić information content (AvgIpc) is 3.19. The SMILES string of the molecule is Cc1cc(CC(C)N)nc(C2(c3ccccc3)CC2)n1. The van der Waals surface area contributed by atoms with Crippen molar-refractivity contribution >= 4 is 0 Å². The highest BCUT2D eigenvalue weighted by atomic mass is 14.9. The summed E-state index contributed by atoms with van der Waals surface area (Å²) in [7, 11) is 0. The van der Waals surface area contributed by atoms with Crippen LogP contribution >= 0.6 is 0 Å². The van der Waals surface area contributed by atoms with Crippen LogP contribution in [0.5, 0.6) is 0 Å². The molecule has 3 rings (SSSR count). The van der Waals surface area contributed by atoms with E-state index in [9.17, 15) is 0 Å². The highest BCUT2D eigenvalue weighted by molar-refractivity contribution is 5.39. The normalized spacial score (nSPS) is 17.8. The quantitative estimate of drug-likeness (QED) is 0.926. The Hall–Kier alpha value is -1.74. The summed E-state index contributed by atoms with van der Waals surface area (Å²) in [5.41, 5.74) is 9.37. The van der Waals surface area contributed by atoms with E-state index in [1.807, 2.05) is 19.9 Å². The van der Waals surface area contributed by atoms with E-state index in [2.05, 4.69) is 30.3 Å². The lowest BCUT2D eigenvalue weighted by atomic mass is 9.94. The zero-order valence-corrected chi connectivity index (χ0v) is 12.1. The maximum absolute atomic E-state index is 5.90. The Morgan fingerprint density at radius 1 is 1.20 bits per heavy atom. The molecular formula is C17H21N3. The van der Waals surface area contributed by atoms with Gasteiger partial charge in [-0.25, -0.2) is 9.97 Å². The van der Waals surface area contributed by atoms with Gasteiger partial charge in [-0.05, 0) is 38.3 Å². The molecular weight excluding hydrogens is 246 g/mol. The second kappa shape index (κ2) is 4.98. The monoisotopic (exact) mass is 267 g/mol. The highest BCUT2D eigenvalue weighted by Crippen LogP contribution is 2.52. The Balaban J connectivity index is 2.00. The lowest BCUT2D eigenvalue weighted by Gasteiger charge is -2.16. The first-order valence-electron chi connectivity index (χ1n) is 7.26. The third-order valence-corrected chi connectivity index (χ3v) is 3.94. The molecule has 1 aliphatic rings. The second-order valence-electron chi connectivity index (χ2n) is 5.95. The number of nitrogens with two attached hydrogens (primary N) is 1. The van der Waals surface area contributed by atoms with Crippen LogP contribution in [0, 0.1) is 6.92 Å². The zero-order chi connectivity index (χ0) is 14.2. The Labute approximate surface area is 120 Å². The van der Waals surface area contributed by atoms with Crippen molar-refractivity contribution in [1.82, 2.24) is 9.97 Å². The maximum atomic E-state index is 5.90. The fourth-order valence-electron chi connectivity index (χ4n) is 2.81. The number of rotatable bonds is 4. The maximum Gasteiger partial charge on any atom is 0.139 e. The fraction of sp³-hybridized carbons (Fsp3) is 0.412. The molecule has 1 aromatic carbocycles. The molecule has 2 N–H and O–H groups in total. The molecule has 1 aliphatic carbocycles. The first-order valence-corrected chi connectivity index (χ1v) is 7.26. The second-order valence-corrected chi connectivity index (χ2v) is 5.95. The fourth-order valence-corrected chi connectivity index (χ4v) is 2.81. The van der Waals surface area contributed by atoms with E-state index in [0.29, 0.717) is 0 Å². The first-order chi connectivity index (χ1) is 9.60. The molecule has 1 unspecified atom stereocenters. The van der Waals surface area contributed by atoms with Crippen molar-refractivity contribution in [2.45, 2.75) is 44.6 Å². The third kappa shape index (κ3) is 2.46. The summed E-state index contributed by atoms with van der Waals surface area (Å²) in [6.45, 7) is 4.05. The van der Waals surface area contributed by atoms with Crippen molar-refractivity contribution in [3.63, 3.8) is 0 Å². The van der Waals surface area contributed by atoms with Crippen LogP contribution in [0.3, 0.4) is 0 Å². The highest BCUT2D eigenvalue weighted by Gasteiger charge is 2.48. The van der Waals surface area contributed by atoms with Crippen molar-refractivity contribution in [3.8, 4) is 0 Å². The minimum atomic E-state index is 0.0415. The van der Waals surface area contributed by atoms with Gasteiger partial charge in [-0.2, -0.15) is 0 Å². The van der Waals surface area contributed by atoms with Crippen LogP contribution in [0.1, 0.15) is 42.5 Å². The zero-order valence-electron chi connectivity index (χ0n) is 12.1. The van der Waals surface area contributed by atoms with Gasteiger partial charge < -0.3 is 5.73 Å². The van der Waals surface area contributed by atoms with Crippen molar-refractivity contribution < 1.29 is 0 Å². The van der Waals surface area contributed by atoms with Crippen LogP contribution in [0.2, 0.25) is 0 Å². The minimum absolute atomic E-state index is 0.0415. The molecule has 0 spiro atoms. The molecule has 1 aromatic heterocycles. The molecule has 1 fully saturated rings. The van der Waals surface area contributed by atoms with E-state index in [4.69, 9.17) is 15.7 Å². The summed E-state index contributed by atoms with van der Waals surface area (Å²) < 4.78 is 0. The van der Waals surface area contributed by atoms with Gasteiger partial charge >= 0.3 is 0 Å². The van der Waals surface area contributed by atoms with Gasteiger partial charge in [0.05, 0.1) is 5.41 Å². The predicted octanol–water partition coefficient (Wildman–Crippen LogP) is 2.75. The number of hydrogen-bond donors (Lipinski definition) is 1. The van der Waals surface area contributed by atoms with E-state index < -0.39 is 0 Å². The Morgan fingerprint density at radius 2 is 1.90 bits per heavy atom.